The maximum absolute atomic E-state index is 11.5. The van der Waals surface area contributed by atoms with Gasteiger partial charge in [0.05, 0.1) is 12.6 Å². The molecule has 1 unspecified atom stereocenters. The van der Waals surface area contributed by atoms with Gasteiger partial charge in [-0.15, -0.1) is 0 Å². The van der Waals surface area contributed by atoms with Gasteiger partial charge in [0, 0.05) is 19.8 Å². The Kier molecular flexibility index (Phi) is 5.32. The molecular formula is C13H19N3O3. The summed E-state index contributed by atoms with van der Waals surface area (Å²) in [6.07, 6.45) is -0.541. The van der Waals surface area contributed by atoms with Gasteiger partial charge in [-0.2, -0.15) is 0 Å². The summed E-state index contributed by atoms with van der Waals surface area (Å²) in [6.45, 7) is 1.62. The summed E-state index contributed by atoms with van der Waals surface area (Å²) < 4.78 is 0. The molecule has 0 radical (unpaired) electrons. The molecule has 6 nitrogen and oxygen atoms in total. The minimum absolute atomic E-state index is 0.0510. The number of hydrogen-bond acceptors (Lipinski definition) is 3. The summed E-state index contributed by atoms with van der Waals surface area (Å²) in [7, 11) is 3.24. The minimum atomic E-state index is -0.541. The molecule has 0 aliphatic carbocycles. The van der Waals surface area contributed by atoms with E-state index in [1.165, 1.54) is 4.90 Å². The van der Waals surface area contributed by atoms with Crippen LogP contribution < -0.4 is 10.6 Å². The van der Waals surface area contributed by atoms with E-state index in [1.807, 2.05) is 0 Å². The summed E-state index contributed by atoms with van der Waals surface area (Å²) in [6, 6.07) is 6.39. The number of rotatable bonds is 4. The van der Waals surface area contributed by atoms with Crippen LogP contribution in [0.5, 0.6) is 0 Å². The molecule has 1 rings (SSSR count). The average Bonchev–Trinajstić information content (AvgIpc) is 2.36. The van der Waals surface area contributed by atoms with E-state index in [-0.39, 0.29) is 12.5 Å². The highest BCUT2D eigenvalue weighted by molar-refractivity contribution is 5.92. The second-order valence-corrected chi connectivity index (χ2v) is 4.39. The second-order valence-electron chi connectivity index (χ2n) is 4.39. The predicted molar refractivity (Wildman–Crippen MR) is 72.8 cm³/mol. The highest BCUT2D eigenvalue weighted by atomic mass is 16.3. The van der Waals surface area contributed by atoms with Crippen molar-refractivity contribution in [3.05, 3.63) is 29.8 Å². The van der Waals surface area contributed by atoms with E-state index in [2.05, 4.69) is 10.6 Å². The third-order valence-corrected chi connectivity index (χ3v) is 2.55. The van der Waals surface area contributed by atoms with E-state index in [4.69, 9.17) is 0 Å². The van der Waals surface area contributed by atoms with E-state index >= 15 is 0 Å². The number of aliphatic hydroxyl groups is 1. The highest BCUT2D eigenvalue weighted by Gasteiger charge is 2.07. The fraction of sp³-hybridized carbons (Fsp3) is 0.385. The molecule has 0 fully saturated rings. The Balaban J connectivity index is 2.46. The van der Waals surface area contributed by atoms with Gasteiger partial charge in [-0.25, -0.2) is 4.79 Å². The molecule has 0 aromatic heterocycles. The van der Waals surface area contributed by atoms with Crippen molar-refractivity contribution in [2.45, 2.75) is 13.0 Å². The molecule has 1 atom stereocenters. The van der Waals surface area contributed by atoms with Crippen LogP contribution in [-0.4, -0.2) is 42.6 Å². The lowest BCUT2D eigenvalue weighted by Gasteiger charge is -2.12. The lowest BCUT2D eigenvalue weighted by atomic mass is 10.1. The topological polar surface area (TPSA) is 81.7 Å². The summed E-state index contributed by atoms with van der Waals surface area (Å²) in [4.78, 5) is 24.2. The van der Waals surface area contributed by atoms with Crippen molar-refractivity contribution in [1.82, 2.24) is 10.2 Å². The third-order valence-electron chi connectivity index (χ3n) is 2.55. The lowest BCUT2D eigenvalue weighted by Crippen LogP contribution is -2.38. The Morgan fingerprint density at radius 2 is 1.84 bits per heavy atom. The van der Waals surface area contributed by atoms with Crippen molar-refractivity contribution < 1.29 is 14.7 Å². The zero-order valence-corrected chi connectivity index (χ0v) is 11.3. The number of amides is 3. The van der Waals surface area contributed by atoms with Crippen molar-refractivity contribution in [1.29, 1.82) is 0 Å². The largest absolute Gasteiger partial charge is 0.389 e. The number of nitrogens with one attached hydrogen (secondary N) is 2. The van der Waals surface area contributed by atoms with E-state index < -0.39 is 12.1 Å². The molecule has 0 aliphatic heterocycles. The van der Waals surface area contributed by atoms with Gasteiger partial charge >= 0.3 is 6.03 Å². The smallest absolute Gasteiger partial charge is 0.319 e. The SMILES string of the molecule is CC(O)c1ccc(NC(=O)NCC(=O)N(C)C)cc1. The predicted octanol–water partition coefficient (Wildman–Crippen LogP) is 0.950. The number of urea groups is 1. The number of nitrogens with zero attached hydrogens (tertiary/aromatic N) is 1. The summed E-state index contributed by atoms with van der Waals surface area (Å²) in [5, 5.41) is 14.4. The molecular weight excluding hydrogens is 246 g/mol. The second kappa shape index (κ2) is 6.75. The Morgan fingerprint density at radius 3 is 2.32 bits per heavy atom. The first-order valence-corrected chi connectivity index (χ1v) is 5.93. The van der Waals surface area contributed by atoms with Crippen LogP contribution in [0.15, 0.2) is 24.3 Å². The lowest BCUT2D eigenvalue weighted by molar-refractivity contribution is -0.127. The number of likely N-dealkylation sites (N-methyl/N-ethyl adjacent to an activating group) is 1. The first-order valence-electron chi connectivity index (χ1n) is 5.93. The van der Waals surface area contributed by atoms with Gasteiger partial charge in [-0.1, -0.05) is 12.1 Å². The van der Waals surface area contributed by atoms with Gasteiger partial charge in [0.2, 0.25) is 5.91 Å². The van der Waals surface area contributed by atoms with Gasteiger partial charge in [0.15, 0.2) is 0 Å². The molecule has 1 aromatic rings. The summed E-state index contributed by atoms with van der Waals surface area (Å²) >= 11 is 0. The summed E-state index contributed by atoms with van der Waals surface area (Å²) in [5.74, 6) is -0.181. The number of carbonyl (C=O) groups is 2. The molecule has 0 saturated heterocycles. The Bertz CT molecular complexity index is 441. The quantitative estimate of drug-likeness (QED) is 0.758. The maximum atomic E-state index is 11.5. The van der Waals surface area contributed by atoms with Gasteiger partial charge in [-0.05, 0) is 24.6 Å². The number of hydrogen-bond donors (Lipinski definition) is 3. The molecule has 3 N–H and O–H groups in total. The van der Waals surface area contributed by atoms with Crippen LogP contribution in [0.2, 0.25) is 0 Å². The fourth-order valence-electron chi connectivity index (χ4n) is 1.33. The van der Waals surface area contributed by atoms with E-state index in [9.17, 15) is 14.7 Å². The number of carbonyl (C=O) groups excluding carboxylic acids is 2. The first kappa shape index (κ1) is 15.0. The first-order chi connectivity index (χ1) is 8.90. The zero-order chi connectivity index (χ0) is 14.4. The van der Waals surface area contributed by atoms with Crippen LogP contribution in [-0.2, 0) is 4.79 Å². The number of aliphatic hydroxyl groups excluding tert-OH is 1. The van der Waals surface area contributed by atoms with Crippen molar-refractivity contribution >= 4 is 17.6 Å². The van der Waals surface area contributed by atoms with Crippen LogP contribution in [0, 0.1) is 0 Å². The van der Waals surface area contributed by atoms with Crippen LogP contribution in [0.25, 0.3) is 0 Å². The van der Waals surface area contributed by atoms with Crippen molar-refractivity contribution in [3.8, 4) is 0 Å². The molecule has 0 bridgehead atoms. The van der Waals surface area contributed by atoms with Crippen LogP contribution in [0.3, 0.4) is 0 Å². The monoisotopic (exact) mass is 265 g/mol. The van der Waals surface area contributed by atoms with Crippen LogP contribution in [0.4, 0.5) is 10.5 Å². The number of anilines is 1. The van der Waals surface area contributed by atoms with Gasteiger partial charge in [-0.3, -0.25) is 4.79 Å². The maximum Gasteiger partial charge on any atom is 0.319 e. The Hall–Kier alpha value is -2.08. The van der Waals surface area contributed by atoms with Crippen molar-refractivity contribution in [2.75, 3.05) is 26.0 Å². The molecule has 0 aliphatic rings. The normalized spacial score (nSPS) is 11.6. The van der Waals surface area contributed by atoms with Crippen molar-refractivity contribution in [2.24, 2.45) is 0 Å². The standard InChI is InChI=1S/C13H19N3O3/c1-9(17)10-4-6-11(7-5-10)15-13(19)14-8-12(18)16(2)3/h4-7,9,17H,8H2,1-3H3,(H2,14,15,19). The molecule has 6 heteroatoms. The molecule has 104 valence electrons. The molecule has 1 aromatic carbocycles. The van der Waals surface area contributed by atoms with Gasteiger partial charge in [0.25, 0.3) is 0 Å². The third kappa shape index (κ3) is 4.97. The Morgan fingerprint density at radius 1 is 1.26 bits per heavy atom. The molecule has 3 amide bonds. The van der Waals surface area contributed by atoms with E-state index in [0.717, 1.165) is 5.56 Å². The molecule has 0 spiro atoms. The van der Waals surface area contributed by atoms with Crippen LogP contribution >= 0.6 is 0 Å². The molecule has 0 heterocycles. The minimum Gasteiger partial charge on any atom is -0.389 e. The van der Waals surface area contributed by atoms with Crippen LogP contribution in [0.1, 0.15) is 18.6 Å². The molecule has 0 saturated carbocycles. The van der Waals surface area contributed by atoms with E-state index in [0.29, 0.717) is 5.69 Å². The van der Waals surface area contributed by atoms with Crippen molar-refractivity contribution in [3.63, 3.8) is 0 Å². The fourth-order valence-corrected chi connectivity index (χ4v) is 1.33. The Labute approximate surface area is 112 Å². The zero-order valence-electron chi connectivity index (χ0n) is 11.3. The van der Waals surface area contributed by atoms with E-state index in [1.54, 1.807) is 45.3 Å². The highest BCUT2D eigenvalue weighted by Crippen LogP contribution is 2.15. The summed E-state index contributed by atoms with van der Waals surface area (Å²) in [5.41, 5.74) is 1.37. The molecule has 19 heavy (non-hydrogen) atoms. The average molecular weight is 265 g/mol. The van der Waals surface area contributed by atoms with Gasteiger partial charge < -0.3 is 20.6 Å². The van der Waals surface area contributed by atoms with Gasteiger partial charge in [0.1, 0.15) is 0 Å². The number of benzene rings is 1.